The second-order valence-corrected chi connectivity index (χ2v) is 6.30. The summed E-state index contributed by atoms with van der Waals surface area (Å²) in [5.41, 5.74) is 4.15. The number of nitrogens with one attached hydrogen (secondary N) is 1. The number of para-hydroxylation sites is 2. The summed E-state index contributed by atoms with van der Waals surface area (Å²) in [6.45, 7) is 8.46. The van der Waals surface area contributed by atoms with Gasteiger partial charge in [-0.15, -0.1) is 0 Å². The molecule has 4 nitrogen and oxygen atoms in total. The third-order valence-electron chi connectivity index (χ3n) is 4.62. The van der Waals surface area contributed by atoms with Gasteiger partial charge in [-0.2, -0.15) is 0 Å². The molecule has 0 fully saturated rings. The molecule has 25 heavy (non-hydrogen) atoms. The Morgan fingerprint density at radius 2 is 1.96 bits per heavy atom. The van der Waals surface area contributed by atoms with Crippen LogP contribution in [0.25, 0.3) is 17.2 Å². The number of hydrogen-bond donors (Lipinski definition) is 1. The number of carbonyl (C=O) groups is 1. The van der Waals surface area contributed by atoms with Gasteiger partial charge >= 0.3 is 0 Å². The van der Waals surface area contributed by atoms with Crippen LogP contribution in [0.2, 0.25) is 0 Å². The first kappa shape index (κ1) is 17.0. The third-order valence-corrected chi connectivity index (χ3v) is 4.62. The zero-order valence-electron chi connectivity index (χ0n) is 14.8. The molecular weight excluding hydrogens is 310 g/mol. The van der Waals surface area contributed by atoms with Crippen LogP contribution in [0.3, 0.4) is 0 Å². The van der Waals surface area contributed by atoms with Crippen molar-refractivity contribution < 1.29 is 9.36 Å². The van der Waals surface area contributed by atoms with Crippen LogP contribution in [0.1, 0.15) is 31.7 Å². The van der Waals surface area contributed by atoms with Crippen molar-refractivity contribution in [1.29, 1.82) is 0 Å². The number of nitrogens with zero attached hydrogens (tertiary/aromatic N) is 2. The number of anilines is 1. The highest BCUT2D eigenvalue weighted by Gasteiger charge is 2.16. The van der Waals surface area contributed by atoms with Crippen molar-refractivity contribution in [2.24, 2.45) is 0 Å². The topological polar surface area (TPSA) is 37.9 Å². The van der Waals surface area contributed by atoms with Gasteiger partial charge in [0.15, 0.2) is 17.6 Å². The molecule has 0 aliphatic rings. The molecule has 0 unspecified atom stereocenters. The number of fused-ring (bicyclic) bond motifs is 1. The lowest BCUT2D eigenvalue weighted by molar-refractivity contribution is -0.658. The molecule has 1 N–H and O–H groups in total. The van der Waals surface area contributed by atoms with E-state index in [0.717, 1.165) is 23.1 Å². The van der Waals surface area contributed by atoms with Gasteiger partial charge in [-0.1, -0.05) is 44.7 Å². The average Bonchev–Trinajstić information content (AvgIpc) is 2.99. The van der Waals surface area contributed by atoms with Gasteiger partial charge in [0.05, 0.1) is 6.20 Å². The maximum absolute atomic E-state index is 12.4. The van der Waals surface area contributed by atoms with E-state index < -0.39 is 0 Å². The van der Waals surface area contributed by atoms with E-state index in [1.54, 1.807) is 6.20 Å². The lowest BCUT2D eigenvalue weighted by Crippen LogP contribution is -2.39. The van der Waals surface area contributed by atoms with Gasteiger partial charge in [0.1, 0.15) is 0 Å². The number of amides is 1. The minimum absolute atomic E-state index is 0.0479. The highest BCUT2D eigenvalue weighted by molar-refractivity contribution is 5.90. The highest BCUT2D eigenvalue weighted by atomic mass is 16.1. The van der Waals surface area contributed by atoms with Crippen molar-refractivity contribution >= 4 is 28.8 Å². The standard InChI is InChI=1S/C21H23N3O/c1-4-16(3)17-10-12-18(13-11-17)22-21(25)14-24-15-23(5-2)19-8-6-7-9-20(19)24/h5-13,15-16H,2,4,14H2,1,3H3/p+1/t16-/m1/s1. The molecule has 1 amide bonds. The van der Waals surface area contributed by atoms with E-state index in [0.29, 0.717) is 5.92 Å². The zero-order chi connectivity index (χ0) is 17.8. The molecular formula is C21H24N3O+. The lowest BCUT2D eigenvalue weighted by Gasteiger charge is -2.10. The van der Waals surface area contributed by atoms with Crippen molar-refractivity contribution in [1.82, 2.24) is 4.57 Å². The first-order valence-electron chi connectivity index (χ1n) is 8.63. The van der Waals surface area contributed by atoms with Crippen LogP contribution in [0.5, 0.6) is 0 Å². The van der Waals surface area contributed by atoms with E-state index in [1.165, 1.54) is 5.56 Å². The van der Waals surface area contributed by atoms with Gasteiger partial charge in [0.2, 0.25) is 6.33 Å². The summed E-state index contributed by atoms with van der Waals surface area (Å²) < 4.78 is 3.85. The second-order valence-electron chi connectivity index (χ2n) is 6.30. The number of benzene rings is 2. The van der Waals surface area contributed by atoms with Crippen molar-refractivity contribution in [2.45, 2.75) is 32.7 Å². The maximum Gasteiger partial charge on any atom is 0.266 e. The Morgan fingerprint density at radius 3 is 2.64 bits per heavy atom. The van der Waals surface area contributed by atoms with Crippen LogP contribution in [-0.2, 0) is 11.3 Å². The Labute approximate surface area is 148 Å². The van der Waals surface area contributed by atoms with Crippen LogP contribution in [-0.4, -0.2) is 10.5 Å². The molecule has 1 atom stereocenters. The maximum atomic E-state index is 12.4. The van der Waals surface area contributed by atoms with Crippen LogP contribution in [0.4, 0.5) is 5.69 Å². The Morgan fingerprint density at radius 1 is 1.24 bits per heavy atom. The quantitative estimate of drug-likeness (QED) is 0.675. The first-order chi connectivity index (χ1) is 12.1. The summed E-state index contributed by atoms with van der Waals surface area (Å²) in [4.78, 5) is 12.4. The van der Waals surface area contributed by atoms with E-state index in [9.17, 15) is 4.79 Å². The van der Waals surface area contributed by atoms with E-state index in [2.05, 4.69) is 37.9 Å². The minimum Gasteiger partial charge on any atom is -0.323 e. The van der Waals surface area contributed by atoms with Crippen molar-refractivity contribution in [3.05, 3.63) is 67.0 Å². The summed E-state index contributed by atoms with van der Waals surface area (Å²) in [5, 5.41) is 2.97. The largest absolute Gasteiger partial charge is 0.323 e. The number of hydrogen-bond acceptors (Lipinski definition) is 1. The van der Waals surface area contributed by atoms with Gasteiger partial charge in [-0.05, 0) is 42.2 Å². The molecule has 3 rings (SSSR count). The van der Waals surface area contributed by atoms with E-state index >= 15 is 0 Å². The predicted molar refractivity (Wildman–Crippen MR) is 102 cm³/mol. The molecule has 0 aliphatic heterocycles. The summed E-state index contributed by atoms with van der Waals surface area (Å²) >= 11 is 0. The smallest absolute Gasteiger partial charge is 0.266 e. The molecule has 0 radical (unpaired) electrons. The Hall–Kier alpha value is -2.88. The summed E-state index contributed by atoms with van der Waals surface area (Å²) in [6.07, 6.45) is 4.74. The van der Waals surface area contributed by atoms with Gasteiger partial charge < -0.3 is 5.32 Å². The SMILES string of the molecule is C=Cn1c[n+](CC(=O)Nc2ccc([C@H](C)CC)cc2)c2ccccc21. The Kier molecular flexibility index (Phi) is 4.98. The van der Waals surface area contributed by atoms with Crippen LogP contribution < -0.4 is 9.88 Å². The molecule has 1 aromatic heterocycles. The molecule has 3 aromatic rings. The third kappa shape index (κ3) is 3.63. The van der Waals surface area contributed by atoms with Crippen LogP contribution in [0.15, 0.2) is 61.4 Å². The fourth-order valence-electron chi connectivity index (χ4n) is 2.96. The van der Waals surface area contributed by atoms with Gasteiger partial charge in [0.25, 0.3) is 5.91 Å². The molecule has 0 bridgehead atoms. The van der Waals surface area contributed by atoms with Crippen molar-refractivity contribution in [3.8, 4) is 0 Å². The van der Waals surface area contributed by atoms with Gasteiger partial charge in [-0.3, -0.25) is 4.79 Å². The fourth-order valence-corrected chi connectivity index (χ4v) is 2.96. The van der Waals surface area contributed by atoms with Crippen molar-refractivity contribution in [2.75, 3.05) is 5.32 Å². The van der Waals surface area contributed by atoms with Crippen molar-refractivity contribution in [3.63, 3.8) is 0 Å². The van der Waals surface area contributed by atoms with Gasteiger partial charge in [-0.25, -0.2) is 9.13 Å². The number of rotatable bonds is 6. The average molecular weight is 334 g/mol. The zero-order valence-corrected chi connectivity index (χ0v) is 14.8. The summed E-state index contributed by atoms with van der Waals surface area (Å²) in [5.74, 6) is 0.485. The molecule has 0 aliphatic carbocycles. The number of imidazole rings is 1. The van der Waals surface area contributed by atoms with E-state index in [-0.39, 0.29) is 12.5 Å². The second kappa shape index (κ2) is 7.34. The molecule has 1 heterocycles. The van der Waals surface area contributed by atoms with Crippen LogP contribution in [0, 0.1) is 0 Å². The molecule has 128 valence electrons. The Balaban J connectivity index is 1.74. The molecule has 0 spiro atoms. The van der Waals surface area contributed by atoms with Crippen LogP contribution >= 0.6 is 0 Å². The van der Waals surface area contributed by atoms with E-state index in [1.807, 2.05) is 51.9 Å². The molecule has 0 saturated carbocycles. The molecule has 0 saturated heterocycles. The van der Waals surface area contributed by atoms with Gasteiger partial charge in [0, 0.05) is 5.69 Å². The number of carbonyl (C=O) groups excluding carboxylic acids is 1. The molecule has 2 aromatic carbocycles. The lowest BCUT2D eigenvalue weighted by atomic mass is 9.99. The first-order valence-corrected chi connectivity index (χ1v) is 8.63. The normalized spacial score (nSPS) is 12.1. The fraction of sp³-hybridized carbons (Fsp3) is 0.238. The summed E-state index contributed by atoms with van der Waals surface area (Å²) in [6, 6.07) is 16.1. The van der Waals surface area contributed by atoms with E-state index in [4.69, 9.17) is 0 Å². The monoisotopic (exact) mass is 334 g/mol. The molecule has 4 heteroatoms. The predicted octanol–water partition coefficient (Wildman–Crippen LogP) is 4.18. The Bertz CT molecular complexity index is 893. The summed E-state index contributed by atoms with van der Waals surface area (Å²) in [7, 11) is 0. The highest BCUT2D eigenvalue weighted by Crippen LogP contribution is 2.20. The minimum atomic E-state index is -0.0479. The number of aromatic nitrogens is 2.